The molecule has 0 heterocycles. The number of hydrogen-bond donors (Lipinski definition) is 1. The van der Waals surface area contributed by atoms with Crippen LogP contribution >= 0.6 is 11.6 Å². The second kappa shape index (κ2) is 5.33. The van der Waals surface area contributed by atoms with E-state index in [-0.39, 0.29) is 5.78 Å². The Balaban J connectivity index is 2.41. The first-order valence-electron chi connectivity index (χ1n) is 5.77. The summed E-state index contributed by atoms with van der Waals surface area (Å²) in [7, 11) is 1.60. The average Bonchev–Trinajstić information content (AvgIpc) is 2.38. The van der Waals surface area contributed by atoms with Crippen molar-refractivity contribution in [1.29, 1.82) is 0 Å². The highest BCUT2D eigenvalue weighted by Crippen LogP contribution is 2.24. The molecule has 0 atom stereocenters. The van der Waals surface area contributed by atoms with Crippen molar-refractivity contribution < 1.29 is 9.53 Å². The summed E-state index contributed by atoms with van der Waals surface area (Å²) in [6, 6.07) is 10.2. The van der Waals surface area contributed by atoms with Crippen molar-refractivity contribution in [2.75, 3.05) is 12.8 Å². The summed E-state index contributed by atoms with van der Waals surface area (Å²) in [5.41, 5.74) is 8.07. The number of benzene rings is 2. The Morgan fingerprint density at radius 2 is 1.95 bits per heavy atom. The first kappa shape index (κ1) is 13.4. The first-order valence-corrected chi connectivity index (χ1v) is 6.15. The van der Waals surface area contributed by atoms with Crippen LogP contribution in [-0.2, 0) is 0 Å². The number of carbonyl (C=O) groups is 1. The van der Waals surface area contributed by atoms with Gasteiger partial charge in [-0.3, -0.25) is 4.79 Å². The van der Waals surface area contributed by atoms with E-state index < -0.39 is 0 Å². The number of methoxy groups -OCH3 is 1. The summed E-state index contributed by atoms with van der Waals surface area (Å²) in [5, 5.41) is 0.360. The summed E-state index contributed by atoms with van der Waals surface area (Å²) in [5.74, 6) is 0.621. The van der Waals surface area contributed by atoms with Crippen LogP contribution in [0.4, 0.5) is 5.69 Å². The number of ketones is 1. The molecule has 19 heavy (non-hydrogen) atoms. The minimum absolute atomic E-state index is 0.129. The van der Waals surface area contributed by atoms with E-state index in [9.17, 15) is 4.79 Å². The summed E-state index contributed by atoms with van der Waals surface area (Å²) < 4.78 is 5.17. The molecule has 0 aromatic heterocycles. The highest BCUT2D eigenvalue weighted by Gasteiger charge is 2.14. The van der Waals surface area contributed by atoms with Crippen LogP contribution in [0.25, 0.3) is 0 Å². The number of nitrogens with two attached hydrogens (primary N) is 1. The van der Waals surface area contributed by atoms with Gasteiger partial charge in [-0.2, -0.15) is 0 Å². The fraction of sp³-hybridized carbons (Fsp3) is 0.133. The van der Waals surface area contributed by atoms with Gasteiger partial charge in [0.1, 0.15) is 5.75 Å². The number of halogens is 1. The van der Waals surface area contributed by atoms with E-state index in [1.54, 1.807) is 43.5 Å². The van der Waals surface area contributed by atoms with Crippen LogP contribution in [0, 0.1) is 6.92 Å². The second-order valence-electron chi connectivity index (χ2n) is 4.25. The average molecular weight is 276 g/mol. The zero-order chi connectivity index (χ0) is 14.0. The molecule has 0 saturated heterocycles. The number of carbonyl (C=O) groups excluding carboxylic acids is 1. The number of hydrogen-bond acceptors (Lipinski definition) is 3. The quantitative estimate of drug-likeness (QED) is 0.689. The Morgan fingerprint density at radius 3 is 2.53 bits per heavy atom. The Labute approximate surface area is 117 Å². The largest absolute Gasteiger partial charge is 0.496 e. The van der Waals surface area contributed by atoms with Crippen LogP contribution in [-0.4, -0.2) is 12.9 Å². The van der Waals surface area contributed by atoms with Crippen molar-refractivity contribution in [3.63, 3.8) is 0 Å². The third-order valence-electron chi connectivity index (χ3n) is 2.89. The van der Waals surface area contributed by atoms with E-state index in [1.807, 2.05) is 6.92 Å². The Bertz CT molecular complexity index is 638. The maximum absolute atomic E-state index is 12.4. The molecule has 0 bridgehead atoms. The standard InChI is InChI=1S/C15H14ClNO2/c1-9-7-10(3-6-14(9)19-2)15(18)12-5-4-11(17)8-13(12)16/h3-8H,17H2,1-2H3. The van der Waals surface area contributed by atoms with Crippen LogP contribution in [0.1, 0.15) is 21.5 Å². The highest BCUT2D eigenvalue weighted by atomic mass is 35.5. The van der Waals surface area contributed by atoms with Crippen LogP contribution in [0.3, 0.4) is 0 Å². The van der Waals surface area contributed by atoms with E-state index in [0.717, 1.165) is 11.3 Å². The molecule has 4 heteroatoms. The van der Waals surface area contributed by atoms with Gasteiger partial charge in [-0.25, -0.2) is 0 Å². The molecule has 0 unspecified atom stereocenters. The lowest BCUT2D eigenvalue weighted by Gasteiger charge is -2.08. The number of nitrogen functional groups attached to an aromatic ring is 1. The lowest BCUT2D eigenvalue weighted by Crippen LogP contribution is -2.03. The minimum atomic E-state index is -0.129. The van der Waals surface area contributed by atoms with Gasteiger partial charge in [0, 0.05) is 16.8 Å². The van der Waals surface area contributed by atoms with Crippen LogP contribution in [0.15, 0.2) is 36.4 Å². The van der Waals surface area contributed by atoms with Crippen molar-refractivity contribution in [3.8, 4) is 5.75 Å². The van der Waals surface area contributed by atoms with Crippen molar-refractivity contribution in [2.45, 2.75) is 6.92 Å². The summed E-state index contributed by atoms with van der Waals surface area (Å²) >= 11 is 6.05. The molecule has 0 fully saturated rings. The maximum atomic E-state index is 12.4. The van der Waals surface area contributed by atoms with Gasteiger partial charge in [0.2, 0.25) is 0 Å². The van der Waals surface area contributed by atoms with Gasteiger partial charge in [0.05, 0.1) is 12.1 Å². The normalized spacial score (nSPS) is 10.3. The van der Waals surface area contributed by atoms with E-state index in [1.165, 1.54) is 0 Å². The van der Waals surface area contributed by atoms with Crippen LogP contribution in [0.5, 0.6) is 5.75 Å². The Morgan fingerprint density at radius 1 is 1.21 bits per heavy atom. The molecular formula is C15H14ClNO2. The van der Waals surface area contributed by atoms with Crippen LogP contribution in [0.2, 0.25) is 5.02 Å². The van der Waals surface area contributed by atoms with E-state index in [2.05, 4.69) is 0 Å². The topological polar surface area (TPSA) is 52.3 Å². The van der Waals surface area contributed by atoms with Crippen LogP contribution < -0.4 is 10.5 Å². The molecule has 0 saturated carbocycles. The highest BCUT2D eigenvalue weighted by molar-refractivity contribution is 6.35. The number of rotatable bonds is 3. The van der Waals surface area contributed by atoms with Gasteiger partial charge >= 0.3 is 0 Å². The van der Waals surface area contributed by atoms with Crippen molar-refractivity contribution in [2.24, 2.45) is 0 Å². The lowest BCUT2D eigenvalue weighted by molar-refractivity contribution is 0.103. The second-order valence-corrected chi connectivity index (χ2v) is 4.66. The molecule has 2 rings (SSSR count). The fourth-order valence-corrected chi connectivity index (χ4v) is 2.17. The predicted octanol–water partition coefficient (Wildman–Crippen LogP) is 3.47. The molecule has 2 N–H and O–H groups in total. The third-order valence-corrected chi connectivity index (χ3v) is 3.21. The lowest BCUT2D eigenvalue weighted by atomic mass is 10.0. The predicted molar refractivity (Wildman–Crippen MR) is 77.0 cm³/mol. The van der Waals surface area contributed by atoms with Gasteiger partial charge in [-0.15, -0.1) is 0 Å². The molecule has 0 aliphatic carbocycles. The summed E-state index contributed by atoms with van der Waals surface area (Å²) in [6.07, 6.45) is 0. The first-order chi connectivity index (χ1) is 9.02. The smallest absolute Gasteiger partial charge is 0.194 e. The number of aryl methyl sites for hydroxylation is 1. The maximum Gasteiger partial charge on any atom is 0.194 e. The molecule has 2 aromatic carbocycles. The minimum Gasteiger partial charge on any atom is -0.496 e. The molecule has 0 aliphatic heterocycles. The molecule has 0 aliphatic rings. The fourth-order valence-electron chi connectivity index (χ4n) is 1.89. The number of ether oxygens (including phenoxy) is 1. The zero-order valence-corrected chi connectivity index (χ0v) is 11.5. The zero-order valence-electron chi connectivity index (χ0n) is 10.7. The van der Waals surface area contributed by atoms with Gasteiger partial charge < -0.3 is 10.5 Å². The van der Waals surface area contributed by atoms with Gasteiger partial charge in [-0.05, 0) is 48.9 Å². The van der Waals surface area contributed by atoms with E-state index in [4.69, 9.17) is 22.1 Å². The third kappa shape index (κ3) is 2.71. The van der Waals surface area contributed by atoms with E-state index >= 15 is 0 Å². The Kier molecular flexibility index (Phi) is 3.76. The van der Waals surface area contributed by atoms with Crippen molar-refractivity contribution in [1.82, 2.24) is 0 Å². The van der Waals surface area contributed by atoms with Crippen molar-refractivity contribution in [3.05, 3.63) is 58.1 Å². The molecular weight excluding hydrogens is 262 g/mol. The summed E-state index contributed by atoms with van der Waals surface area (Å²) in [4.78, 5) is 12.4. The van der Waals surface area contributed by atoms with Gasteiger partial charge in [-0.1, -0.05) is 11.6 Å². The Hall–Kier alpha value is -2.00. The monoisotopic (exact) mass is 275 g/mol. The molecule has 3 nitrogen and oxygen atoms in total. The molecule has 0 amide bonds. The molecule has 0 radical (unpaired) electrons. The SMILES string of the molecule is COc1ccc(C(=O)c2ccc(N)cc2Cl)cc1C. The van der Waals surface area contributed by atoms with Gasteiger partial charge in [0.15, 0.2) is 5.78 Å². The van der Waals surface area contributed by atoms with Gasteiger partial charge in [0.25, 0.3) is 0 Å². The summed E-state index contributed by atoms with van der Waals surface area (Å²) in [6.45, 7) is 1.89. The van der Waals surface area contributed by atoms with Crippen molar-refractivity contribution >= 4 is 23.1 Å². The van der Waals surface area contributed by atoms with E-state index in [0.29, 0.717) is 21.8 Å². The molecule has 2 aromatic rings. The molecule has 98 valence electrons. The molecule has 0 spiro atoms. The number of anilines is 1.